The van der Waals surface area contributed by atoms with Gasteiger partial charge in [-0.25, -0.2) is 0 Å². The van der Waals surface area contributed by atoms with E-state index in [4.69, 9.17) is 26.3 Å². The van der Waals surface area contributed by atoms with Gasteiger partial charge in [0.25, 0.3) is 0 Å². The molecule has 0 fully saturated rings. The zero-order valence-electron chi connectivity index (χ0n) is 5.81. The average Bonchev–Trinajstić information content (AvgIpc) is 1.54. The van der Waals surface area contributed by atoms with E-state index in [1.807, 2.05) is 0 Å². The molecule has 0 bridgehead atoms. The minimum atomic E-state index is -2.36. The molecule has 0 aliphatic rings. The van der Waals surface area contributed by atoms with Crippen LogP contribution in [0.3, 0.4) is 0 Å². The molecule has 0 heterocycles. The van der Waals surface area contributed by atoms with Crippen molar-refractivity contribution in [2.45, 2.75) is 0 Å². The van der Waals surface area contributed by atoms with Crippen LogP contribution < -0.4 is 15.4 Å². The summed E-state index contributed by atoms with van der Waals surface area (Å²) in [5.41, 5.74) is 0. The molecular formula is H6CrN3O6S3. The first-order chi connectivity index (χ1) is 5.20. The van der Waals surface area contributed by atoms with Crippen molar-refractivity contribution >= 4 is 33.8 Å². The second kappa shape index (κ2) is 18.5. The quantitative estimate of drug-likeness (QED) is 0.382. The zero-order chi connectivity index (χ0) is 10.7. The molecule has 13 heavy (non-hydrogen) atoms. The van der Waals surface area contributed by atoms with Crippen LogP contribution in [-0.4, -0.2) is 26.3 Å². The molecule has 0 aromatic rings. The Bertz CT molecular complexity index is 121. The molecule has 13 heteroatoms. The molecule has 9 nitrogen and oxygen atoms in total. The van der Waals surface area contributed by atoms with E-state index in [0.717, 1.165) is 0 Å². The maximum atomic E-state index is 8.78. The fourth-order valence-electron chi connectivity index (χ4n) is 0. The molecule has 0 spiro atoms. The van der Waals surface area contributed by atoms with Crippen molar-refractivity contribution in [3.05, 3.63) is 0 Å². The molecule has 3 unspecified atom stereocenters. The van der Waals surface area contributed by atoms with Gasteiger partial charge in [0.1, 0.15) is 0 Å². The Hall–Kier alpha value is 0.742. The second-order valence-electron chi connectivity index (χ2n) is 0.781. The molecule has 0 aromatic heterocycles. The number of nitrogens with two attached hydrogens (primary N) is 3. The second-order valence-corrected chi connectivity index (χ2v) is 2.34. The molecule has 0 rings (SSSR count). The van der Waals surface area contributed by atoms with Gasteiger partial charge in [0.05, 0.1) is 0 Å². The molecular weight excluding hydrogens is 286 g/mol. The molecule has 6 N–H and O–H groups in total. The van der Waals surface area contributed by atoms with E-state index in [9.17, 15) is 0 Å². The molecule has 0 saturated carbocycles. The zero-order valence-corrected chi connectivity index (χ0v) is 9.54. The smallest absolute Gasteiger partial charge is 0.760 e. The fourth-order valence-corrected chi connectivity index (χ4v) is 0. The van der Waals surface area contributed by atoms with Gasteiger partial charge >= 0.3 is 17.4 Å². The van der Waals surface area contributed by atoms with Crippen molar-refractivity contribution in [3.63, 3.8) is 0 Å². The fraction of sp³-hybridized carbons (Fsp3) is 0. The van der Waals surface area contributed by atoms with Gasteiger partial charge in [-0.2, -0.15) is 0 Å². The molecule has 0 amide bonds. The van der Waals surface area contributed by atoms with Crippen molar-refractivity contribution in [2.75, 3.05) is 0 Å². The molecule has 0 saturated heterocycles. The van der Waals surface area contributed by atoms with Gasteiger partial charge in [-0.3, -0.25) is 28.0 Å². The van der Waals surface area contributed by atoms with Crippen LogP contribution in [0.4, 0.5) is 0 Å². The largest absolute Gasteiger partial charge is 3.00 e. The molecule has 0 aromatic carbocycles. The van der Waals surface area contributed by atoms with Gasteiger partial charge in [0.15, 0.2) is 0 Å². The SMILES string of the molecule is NS(=O)[O-].NS(=O)[O-].NS(=O)[O-].[Cr+3]. The number of rotatable bonds is 0. The first kappa shape index (κ1) is 23.5. The van der Waals surface area contributed by atoms with Crippen LogP contribution in [0.25, 0.3) is 0 Å². The minimum absolute atomic E-state index is 0. The van der Waals surface area contributed by atoms with Crippen LogP contribution in [0.2, 0.25) is 0 Å². The van der Waals surface area contributed by atoms with Crippen LogP contribution in [0.15, 0.2) is 0 Å². The number of hydrogen-bond acceptors (Lipinski definition) is 6. The summed E-state index contributed by atoms with van der Waals surface area (Å²) in [4.78, 5) is 0. The van der Waals surface area contributed by atoms with E-state index in [-0.39, 0.29) is 17.4 Å². The van der Waals surface area contributed by atoms with E-state index in [0.29, 0.717) is 0 Å². The van der Waals surface area contributed by atoms with Crippen LogP contribution >= 0.6 is 0 Å². The first-order valence-corrected chi connectivity index (χ1v) is 5.12. The summed E-state index contributed by atoms with van der Waals surface area (Å²) in [6.45, 7) is 0. The van der Waals surface area contributed by atoms with Crippen molar-refractivity contribution in [1.82, 2.24) is 0 Å². The van der Waals surface area contributed by atoms with E-state index in [2.05, 4.69) is 15.4 Å². The maximum Gasteiger partial charge on any atom is 3.00 e. The summed E-state index contributed by atoms with van der Waals surface area (Å²) in [5.74, 6) is 0. The summed E-state index contributed by atoms with van der Waals surface area (Å²) in [5, 5.41) is 12.1. The van der Waals surface area contributed by atoms with E-state index in [1.165, 1.54) is 0 Å². The predicted molar refractivity (Wildman–Crippen MR) is 39.3 cm³/mol. The summed E-state index contributed by atoms with van der Waals surface area (Å²) in [6.07, 6.45) is 0. The monoisotopic (exact) mass is 292 g/mol. The maximum absolute atomic E-state index is 8.78. The standard InChI is InChI=1S/Cr.3H3NO2S/c;3*1-4(2)3/h;3*1H2,(H,2,3)/q+3;;;/p-3. The van der Waals surface area contributed by atoms with Crippen LogP contribution in [-0.2, 0) is 51.2 Å². The Balaban J connectivity index is -0.0000000450. The Kier molecular flexibility index (Phi) is 33.5. The summed E-state index contributed by atoms with van der Waals surface area (Å²) < 4.78 is 52.7. The van der Waals surface area contributed by atoms with Crippen LogP contribution in [0.5, 0.6) is 0 Å². The Morgan fingerprint density at radius 1 is 0.692 bits per heavy atom. The normalized spacial score (nSPS) is 14.3. The van der Waals surface area contributed by atoms with Crippen molar-refractivity contribution in [2.24, 2.45) is 15.4 Å². The van der Waals surface area contributed by atoms with Gasteiger partial charge in [0, 0.05) is 33.8 Å². The van der Waals surface area contributed by atoms with Gasteiger partial charge in [-0.1, -0.05) is 0 Å². The molecule has 1 radical (unpaired) electrons. The molecule has 0 aliphatic carbocycles. The van der Waals surface area contributed by atoms with Crippen molar-refractivity contribution in [1.29, 1.82) is 0 Å². The van der Waals surface area contributed by atoms with E-state index in [1.54, 1.807) is 0 Å². The minimum Gasteiger partial charge on any atom is -0.760 e. The third-order valence-corrected chi connectivity index (χ3v) is 0. The first-order valence-electron chi connectivity index (χ1n) is 1.71. The Morgan fingerprint density at radius 2 is 0.692 bits per heavy atom. The van der Waals surface area contributed by atoms with Crippen molar-refractivity contribution < 1.29 is 43.6 Å². The van der Waals surface area contributed by atoms with Crippen molar-refractivity contribution in [3.8, 4) is 0 Å². The molecule has 3 atom stereocenters. The Morgan fingerprint density at radius 3 is 0.692 bits per heavy atom. The van der Waals surface area contributed by atoms with Gasteiger partial charge in [-0.15, -0.1) is 0 Å². The molecule has 81 valence electrons. The van der Waals surface area contributed by atoms with Gasteiger partial charge in [-0.05, 0) is 0 Å². The topological polar surface area (TPSA) is 198 Å². The average molecular weight is 292 g/mol. The third-order valence-electron chi connectivity index (χ3n) is 0. The van der Waals surface area contributed by atoms with Crippen LogP contribution in [0.1, 0.15) is 0 Å². The summed E-state index contributed by atoms with van der Waals surface area (Å²) in [6, 6.07) is 0. The van der Waals surface area contributed by atoms with Crippen LogP contribution in [0, 0.1) is 0 Å². The van der Waals surface area contributed by atoms with Gasteiger partial charge in [0.2, 0.25) is 0 Å². The predicted octanol–water partition coefficient (Wildman–Crippen LogP) is -3.78. The summed E-state index contributed by atoms with van der Waals surface area (Å²) >= 11 is -7.08. The van der Waals surface area contributed by atoms with E-state index >= 15 is 0 Å². The van der Waals surface area contributed by atoms with Gasteiger partial charge < -0.3 is 13.7 Å². The Labute approximate surface area is 92.8 Å². The third kappa shape index (κ3) is 2670. The number of hydrogen-bond donors (Lipinski definition) is 3. The van der Waals surface area contributed by atoms with E-state index < -0.39 is 33.8 Å². The summed E-state index contributed by atoms with van der Waals surface area (Å²) in [7, 11) is 0. The molecule has 0 aliphatic heterocycles.